The third-order valence-corrected chi connectivity index (χ3v) is 7.74. The third-order valence-electron chi connectivity index (χ3n) is 5.90. The maximum absolute atomic E-state index is 13.4. The quantitative estimate of drug-likeness (QED) is 0.595. The molecule has 0 N–H and O–H groups in total. The highest BCUT2D eigenvalue weighted by atomic mass is 32.2. The lowest BCUT2D eigenvalue weighted by Gasteiger charge is -2.37. The maximum atomic E-state index is 13.4. The topological polar surface area (TPSA) is 60.9 Å². The van der Waals surface area contributed by atoms with Gasteiger partial charge in [-0.2, -0.15) is 0 Å². The number of hydrogen-bond acceptors (Lipinski definition) is 4. The Morgan fingerprint density at radius 1 is 0.812 bits per heavy atom. The Morgan fingerprint density at radius 2 is 1.41 bits per heavy atom. The van der Waals surface area contributed by atoms with Crippen LogP contribution in [0, 0.1) is 6.92 Å². The molecule has 6 nitrogen and oxygen atoms in total. The lowest BCUT2D eigenvalue weighted by molar-refractivity contribution is 0.0743. The summed E-state index contributed by atoms with van der Waals surface area (Å²) in [4.78, 5) is 17.4. The van der Waals surface area contributed by atoms with Gasteiger partial charge in [-0.25, -0.2) is 8.42 Å². The van der Waals surface area contributed by atoms with Gasteiger partial charge in [-0.1, -0.05) is 48.5 Å². The molecular weight excluding hydrogens is 422 g/mol. The Kier molecular flexibility index (Phi) is 6.19. The zero-order valence-corrected chi connectivity index (χ0v) is 19.1. The monoisotopic (exact) mass is 449 g/mol. The average molecular weight is 450 g/mol. The maximum Gasteiger partial charge on any atom is 0.264 e. The van der Waals surface area contributed by atoms with Gasteiger partial charge in [-0.3, -0.25) is 9.10 Å². The Bertz CT molecular complexity index is 1200. The minimum absolute atomic E-state index is 0.0256. The van der Waals surface area contributed by atoms with Gasteiger partial charge in [0.15, 0.2) is 0 Å². The minimum atomic E-state index is -3.89. The highest BCUT2D eigenvalue weighted by Gasteiger charge is 2.30. The number of anilines is 2. The Hall–Kier alpha value is -3.32. The van der Waals surface area contributed by atoms with Crippen LogP contribution in [0.15, 0.2) is 83.8 Å². The highest BCUT2D eigenvalue weighted by molar-refractivity contribution is 7.92. The molecule has 0 saturated carbocycles. The number of nitrogens with zero attached hydrogens (tertiary/aromatic N) is 3. The van der Waals surface area contributed by atoms with Crippen LogP contribution in [0.3, 0.4) is 0 Å². The van der Waals surface area contributed by atoms with Crippen molar-refractivity contribution in [3.05, 3.63) is 90.0 Å². The van der Waals surface area contributed by atoms with Crippen molar-refractivity contribution < 1.29 is 13.2 Å². The summed E-state index contributed by atoms with van der Waals surface area (Å²) in [6.07, 6.45) is 0. The van der Waals surface area contributed by atoms with Crippen molar-refractivity contribution in [3.63, 3.8) is 0 Å². The molecule has 0 aromatic heterocycles. The summed E-state index contributed by atoms with van der Waals surface area (Å²) in [7, 11) is -2.38. The molecule has 1 aliphatic rings. The third kappa shape index (κ3) is 4.21. The largest absolute Gasteiger partial charge is 0.368 e. The second kappa shape index (κ2) is 9.04. The number of para-hydroxylation sites is 2. The fourth-order valence-electron chi connectivity index (χ4n) is 4.03. The van der Waals surface area contributed by atoms with Gasteiger partial charge >= 0.3 is 0 Å². The van der Waals surface area contributed by atoms with Crippen molar-refractivity contribution >= 4 is 27.3 Å². The first-order valence-corrected chi connectivity index (χ1v) is 12.1. The molecule has 0 atom stereocenters. The molecule has 1 heterocycles. The van der Waals surface area contributed by atoms with Gasteiger partial charge in [-0.05, 0) is 42.8 Å². The molecule has 3 aromatic rings. The van der Waals surface area contributed by atoms with Crippen molar-refractivity contribution in [1.29, 1.82) is 0 Å². The van der Waals surface area contributed by atoms with Crippen LogP contribution in [0.1, 0.15) is 15.9 Å². The van der Waals surface area contributed by atoms with Gasteiger partial charge in [0.25, 0.3) is 15.9 Å². The molecule has 1 fully saturated rings. The van der Waals surface area contributed by atoms with Gasteiger partial charge < -0.3 is 9.80 Å². The smallest absolute Gasteiger partial charge is 0.264 e. The minimum Gasteiger partial charge on any atom is -0.368 e. The summed E-state index contributed by atoms with van der Waals surface area (Å²) in [5.74, 6) is -0.255. The standard InChI is InChI=1S/C25H27N3O3S/c1-20-10-6-8-14-23(20)27-16-18-28(19-17-27)25(29)22-13-7-9-15-24(22)32(30,31)26(2)21-11-4-3-5-12-21/h3-15H,16-19H2,1-2H3. The lowest BCUT2D eigenvalue weighted by atomic mass is 10.1. The molecule has 3 aromatic carbocycles. The molecule has 166 valence electrons. The van der Waals surface area contributed by atoms with Crippen LogP contribution in [-0.4, -0.2) is 52.5 Å². The second-order valence-electron chi connectivity index (χ2n) is 7.87. The van der Waals surface area contributed by atoms with E-state index in [4.69, 9.17) is 0 Å². The van der Waals surface area contributed by atoms with Crippen LogP contribution in [0.25, 0.3) is 0 Å². The summed E-state index contributed by atoms with van der Waals surface area (Å²) < 4.78 is 27.9. The van der Waals surface area contributed by atoms with Gasteiger partial charge in [0.1, 0.15) is 4.90 Å². The predicted octanol–water partition coefficient (Wildman–Crippen LogP) is 3.78. The van der Waals surface area contributed by atoms with Crippen molar-refractivity contribution in [1.82, 2.24) is 4.90 Å². The molecule has 7 heteroatoms. The molecule has 32 heavy (non-hydrogen) atoms. The van der Waals surface area contributed by atoms with E-state index < -0.39 is 10.0 Å². The normalized spacial score (nSPS) is 14.3. The number of amides is 1. The van der Waals surface area contributed by atoms with E-state index in [1.807, 2.05) is 18.2 Å². The molecule has 0 unspecified atom stereocenters. The van der Waals surface area contributed by atoms with E-state index in [9.17, 15) is 13.2 Å². The number of hydrogen-bond donors (Lipinski definition) is 0. The SMILES string of the molecule is Cc1ccccc1N1CCN(C(=O)c2ccccc2S(=O)(=O)N(C)c2ccccc2)CC1. The van der Waals surface area contributed by atoms with Gasteiger partial charge in [-0.15, -0.1) is 0 Å². The highest BCUT2D eigenvalue weighted by Crippen LogP contribution is 2.26. The summed E-state index contributed by atoms with van der Waals surface area (Å²) >= 11 is 0. The van der Waals surface area contributed by atoms with E-state index >= 15 is 0 Å². The van der Waals surface area contributed by atoms with Crippen LogP contribution in [0.2, 0.25) is 0 Å². The first-order chi connectivity index (χ1) is 15.4. The summed E-state index contributed by atoms with van der Waals surface area (Å²) in [5, 5.41) is 0. The van der Waals surface area contributed by atoms with Crippen LogP contribution in [0.4, 0.5) is 11.4 Å². The lowest BCUT2D eigenvalue weighted by Crippen LogP contribution is -2.49. The molecule has 1 aliphatic heterocycles. The van der Waals surface area contributed by atoms with Crippen molar-refractivity contribution in [2.24, 2.45) is 0 Å². The van der Waals surface area contributed by atoms with Crippen LogP contribution in [0.5, 0.6) is 0 Å². The molecule has 0 aliphatic carbocycles. The number of sulfonamides is 1. The van der Waals surface area contributed by atoms with Crippen LogP contribution < -0.4 is 9.21 Å². The zero-order chi connectivity index (χ0) is 22.7. The Labute approximate surface area is 189 Å². The molecule has 4 rings (SSSR count). The van der Waals surface area contributed by atoms with Crippen molar-refractivity contribution in [3.8, 4) is 0 Å². The Balaban J connectivity index is 1.55. The number of carbonyl (C=O) groups excluding carboxylic acids is 1. The van der Waals surface area contributed by atoms with Gasteiger partial charge in [0, 0.05) is 38.9 Å². The average Bonchev–Trinajstić information content (AvgIpc) is 2.84. The summed E-state index contributed by atoms with van der Waals surface area (Å²) in [5.41, 5.74) is 3.13. The molecule has 0 radical (unpaired) electrons. The molecular formula is C25H27N3O3S. The van der Waals surface area contributed by atoms with Crippen LogP contribution >= 0.6 is 0 Å². The number of carbonyl (C=O) groups is 1. The molecule has 1 amide bonds. The van der Waals surface area contributed by atoms with E-state index in [0.717, 1.165) is 0 Å². The Morgan fingerprint density at radius 3 is 2.09 bits per heavy atom. The van der Waals surface area contributed by atoms with E-state index in [1.54, 1.807) is 47.4 Å². The van der Waals surface area contributed by atoms with Crippen molar-refractivity contribution in [2.45, 2.75) is 11.8 Å². The number of rotatable bonds is 5. The van der Waals surface area contributed by atoms with Gasteiger partial charge in [0.05, 0.1) is 11.3 Å². The summed E-state index contributed by atoms with van der Waals surface area (Å²) in [6, 6.07) is 23.5. The van der Waals surface area contributed by atoms with Gasteiger partial charge in [0.2, 0.25) is 0 Å². The van der Waals surface area contributed by atoms with E-state index in [1.165, 1.54) is 28.7 Å². The number of piperazine rings is 1. The van der Waals surface area contributed by atoms with E-state index in [-0.39, 0.29) is 16.4 Å². The molecule has 1 saturated heterocycles. The second-order valence-corrected chi connectivity index (χ2v) is 9.81. The number of benzene rings is 3. The molecule has 0 spiro atoms. The molecule has 0 bridgehead atoms. The first kappa shape index (κ1) is 21.9. The fourth-order valence-corrected chi connectivity index (χ4v) is 5.41. The zero-order valence-electron chi connectivity index (χ0n) is 18.3. The predicted molar refractivity (Wildman–Crippen MR) is 128 cm³/mol. The van der Waals surface area contributed by atoms with Crippen molar-refractivity contribution in [2.75, 3.05) is 42.4 Å². The number of aryl methyl sites for hydroxylation is 1. The van der Waals surface area contributed by atoms with E-state index in [2.05, 4.69) is 24.0 Å². The summed E-state index contributed by atoms with van der Waals surface area (Å²) in [6.45, 7) is 4.56. The first-order valence-electron chi connectivity index (χ1n) is 10.6. The van der Waals surface area contributed by atoms with E-state index in [0.29, 0.717) is 31.9 Å². The fraction of sp³-hybridized carbons (Fsp3) is 0.240. The van der Waals surface area contributed by atoms with Crippen LogP contribution in [-0.2, 0) is 10.0 Å².